The Morgan fingerprint density at radius 2 is 2.19 bits per heavy atom. The highest BCUT2D eigenvalue weighted by Gasteiger charge is 2.14. The topological polar surface area (TPSA) is 29.1 Å². The van der Waals surface area contributed by atoms with Crippen molar-refractivity contribution in [3.8, 4) is 0 Å². The molecule has 0 aliphatic carbocycles. The SMILES string of the molecule is CC(C)C(Cl)CNC(=O)c1cc(Br)c(Br)s1. The molecule has 1 unspecified atom stereocenters. The maximum Gasteiger partial charge on any atom is 0.261 e. The first kappa shape index (κ1) is 14.5. The van der Waals surface area contributed by atoms with Crippen LogP contribution >= 0.6 is 54.8 Å². The highest BCUT2D eigenvalue weighted by atomic mass is 79.9. The van der Waals surface area contributed by atoms with Gasteiger partial charge in [0.25, 0.3) is 5.91 Å². The zero-order valence-electron chi connectivity index (χ0n) is 8.89. The Kier molecular flexibility index (Phi) is 5.77. The van der Waals surface area contributed by atoms with Crippen LogP contribution in [0.3, 0.4) is 0 Å². The summed E-state index contributed by atoms with van der Waals surface area (Å²) in [6.45, 7) is 4.55. The van der Waals surface area contributed by atoms with Crippen LogP contribution in [-0.4, -0.2) is 17.8 Å². The van der Waals surface area contributed by atoms with Gasteiger partial charge in [-0.05, 0) is 43.8 Å². The minimum Gasteiger partial charge on any atom is -0.350 e. The maximum atomic E-state index is 11.7. The fraction of sp³-hybridized carbons (Fsp3) is 0.500. The predicted octanol–water partition coefficient (Wildman–Crippen LogP) is 4.27. The van der Waals surface area contributed by atoms with E-state index in [1.54, 1.807) is 6.07 Å². The van der Waals surface area contributed by atoms with E-state index in [-0.39, 0.29) is 11.3 Å². The molecule has 0 aromatic carbocycles. The van der Waals surface area contributed by atoms with Crippen LogP contribution in [0.1, 0.15) is 23.5 Å². The molecule has 0 aliphatic heterocycles. The van der Waals surface area contributed by atoms with Crippen LogP contribution in [0.25, 0.3) is 0 Å². The first-order chi connectivity index (χ1) is 7.41. The lowest BCUT2D eigenvalue weighted by Crippen LogP contribution is -2.31. The minimum atomic E-state index is -0.0808. The van der Waals surface area contributed by atoms with Crippen LogP contribution in [0.5, 0.6) is 0 Å². The van der Waals surface area contributed by atoms with Crippen LogP contribution < -0.4 is 5.32 Å². The van der Waals surface area contributed by atoms with Crippen molar-refractivity contribution in [2.24, 2.45) is 5.92 Å². The smallest absolute Gasteiger partial charge is 0.261 e. The zero-order chi connectivity index (χ0) is 12.3. The molecule has 1 rings (SSSR count). The van der Waals surface area contributed by atoms with E-state index in [1.165, 1.54) is 11.3 Å². The summed E-state index contributed by atoms with van der Waals surface area (Å²) in [4.78, 5) is 12.4. The summed E-state index contributed by atoms with van der Waals surface area (Å²) in [7, 11) is 0. The van der Waals surface area contributed by atoms with E-state index in [1.807, 2.05) is 13.8 Å². The van der Waals surface area contributed by atoms with E-state index in [4.69, 9.17) is 11.6 Å². The third-order valence-electron chi connectivity index (χ3n) is 2.05. The van der Waals surface area contributed by atoms with Gasteiger partial charge in [-0.15, -0.1) is 22.9 Å². The molecular formula is C10H12Br2ClNOS. The van der Waals surface area contributed by atoms with Crippen LogP contribution in [0.4, 0.5) is 0 Å². The van der Waals surface area contributed by atoms with Crippen molar-refractivity contribution in [2.75, 3.05) is 6.54 Å². The Bertz CT molecular complexity index is 361. The second-order valence-corrected chi connectivity index (χ2v) is 7.49. The third-order valence-corrected chi connectivity index (χ3v) is 5.96. The molecule has 0 saturated heterocycles. The Balaban J connectivity index is 2.53. The number of nitrogens with one attached hydrogen (secondary N) is 1. The van der Waals surface area contributed by atoms with Gasteiger partial charge >= 0.3 is 0 Å². The summed E-state index contributed by atoms with van der Waals surface area (Å²) in [5.41, 5.74) is 0. The predicted molar refractivity (Wildman–Crippen MR) is 76.5 cm³/mol. The number of amides is 1. The van der Waals surface area contributed by atoms with E-state index in [9.17, 15) is 4.79 Å². The summed E-state index contributed by atoms with van der Waals surface area (Å²) in [6, 6.07) is 1.79. The van der Waals surface area contributed by atoms with Gasteiger partial charge in [0, 0.05) is 11.0 Å². The molecule has 2 nitrogen and oxygen atoms in total. The maximum absolute atomic E-state index is 11.7. The van der Waals surface area contributed by atoms with Crippen molar-refractivity contribution < 1.29 is 4.79 Å². The molecule has 0 fully saturated rings. The Morgan fingerprint density at radius 1 is 1.56 bits per heavy atom. The molecule has 1 heterocycles. The van der Waals surface area contributed by atoms with Gasteiger partial charge in [-0.25, -0.2) is 0 Å². The molecule has 0 radical (unpaired) electrons. The number of rotatable bonds is 4. The molecule has 0 bridgehead atoms. The quantitative estimate of drug-likeness (QED) is 0.766. The lowest BCUT2D eigenvalue weighted by Gasteiger charge is -2.13. The first-order valence-electron chi connectivity index (χ1n) is 4.79. The third kappa shape index (κ3) is 4.02. The zero-order valence-corrected chi connectivity index (χ0v) is 13.6. The van der Waals surface area contributed by atoms with Crippen molar-refractivity contribution in [1.82, 2.24) is 5.32 Å². The number of alkyl halides is 1. The van der Waals surface area contributed by atoms with Crippen LogP contribution in [0, 0.1) is 5.92 Å². The number of halogens is 3. The van der Waals surface area contributed by atoms with Gasteiger partial charge < -0.3 is 5.32 Å². The van der Waals surface area contributed by atoms with Gasteiger partial charge in [-0.2, -0.15) is 0 Å². The molecule has 6 heteroatoms. The standard InChI is InChI=1S/C10H12Br2ClNOS/c1-5(2)7(13)4-14-10(15)8-3-6(11)9(12)16-8/h3,5,7H,4H2,1-2H3,(H,14,15). The highest BCUT2D eigenvalue weighted by Crippen LogP contribution is 2.32. The van der Waals surface area contributed by atoms with Gasteiger partial charge in [0.05, 0.1) is 14.0 Å². The van der Waals surface area contributed by atoms with Crippen molar-refractivity contribution in [2.45, 2.75) is 19.2 Å². The second kappa shape index (κ2) is 6.38. The first-order valence-corrected chi connectivity index (χ1v) is 7.62. The van der Waals surface area contributed by atoms with E-state index in [0.717, 1.165) is 8.26 Å². The Morgan fingerprint density at radius 3 is 2.62 bits per heavy atom. The van der Waals surface area contributed by atoms with Crippen LogP contribution in [0.2, 0.25) is 0 Å². The number of hydrogen-bond acceptors (Lipinski definition) is 2. The van der Waals surface area contributed by atoms with E-state index < -0.39 is 0 Å². The van der Waals surface area contributed by atoms with Crippen LogP contribution in [0.15, 0.2) is 14.3 Å². The summed E-state index contributed by atoms with van der Waals surface area (Å²) in [5, 5.41) is 2.79. The minimum absolute atomic E-state index is 0.0317. The molecule has 90 valence electrons. The average Bonchev–Trinajstić information content (AvgIpc) is 2.55. The van der Waals surface area contributed by atoms with Gasteiger partial charge in [-0.3, -0.25) is 4.79 Å². The van der Waals surface area contributed by atoms with E-state index in [2.05, 4.69) is 37.2 Å². The monoisotopic (exact) mass is 387 g/mol. The van der Waals surface area contributed by atoms with Crippen molar-refractivity contribution >= 4 is 60.7 Å². The molecule has 16 heavy (non-hydrogen) atoms. The summed E-state index contributed by atoms with van der Waals surface area (Å²) in [6.07, 6.45) is 0. The van der Waals surface area contributed by atoms with Crippen LogP contribution in [-0.2, 0) is 0 Å². The normalized spacial score (nSPS) is 12.9. The number of carbonyl (C=O) groups is 1. The number of hydrogen-bond donors (Lipinski definition) is 1. The number of thiophene rings is 1. The average molecular weight is 390 g/mol. The Hall–Kier alpha value is 0.420. The van der Waals surface area contributed by atoms with Gasteiger partial charge in [0.1, 0.15) is 0 Å². The van der Waals surface area contributed by atoms with Gasteiger partial charge in [0.15, 0.2) is 0 Å². The summed E-state index contributed by atoms with van der Waals surface area (Å²) >= 11 is 14.1. The van der Waals surface area contributed by atoms with E-state index >= 15 is 0 Å². The van der Waals surface area contributed by atoms with Crippen molar-refractivity contribution in [3.05, 3.63) is 19.2 Å². The van der Waals surface area contributed by atoms with E-state index in [0.29, 0.717) is 17.3 Å². The molecule has 1 amide bonds. The van der Waals surface area contributed by atoms with Gasteiger partial charge in [-0.1, -0.05) is 13.8 Å². The number of carbonyl (C=O) groups excluding carboxylic acids is 1. The summed E-state index contributed by atoms with van der Waals surface area (Å²) < 4.78 is 1.82. The summed E-state index contributed by atoms with van der Waals surface area (Å²) in [5.74, 6) is 0.270. The second-order valence-electron chi connectivity index (χ2n) is 3.70. The molecule has 1 aromatic rings. The van der Waals surface area contributed by atoms with Crippen molar-refractivity contribution in [3.63, 3.8) is 0 Å². The molecule has 1 atom stereocenters. The van der Waals surface area contributed by atoms with Gasteiger partial charge in [0.2, 0.25) is 0 Å². The lowest BCUT2D eigenvalue weighted by atomic mass is 10.1. The Labute approximate surface area is 121 Å². The fourth-order valence-electron chi connectivity index (χ4n) is 0.972. The largest absolute Gasteiger partial charge is 0.350 e. The highest BCUT2D eigenvalue weighted by molar-refractivity contribution is 9.13. The molecule has 1 N–H and O–H groups in total. The molecule has 0 aliphatic rings. The molecule has 0 spiro atoms. The fourth-order valence-corrected chi connectivity index (χ4v) is 3.00. The molecule has 0 saturated carbocycles. The molecular weight excluding hydrogens is 377 g/mol. The lowest BCUT2D eigenvalue weighted by molar-refractivity contribution is 0.0956. The molecule has 1 aromatic heterocycles. The van der Waals surface area contributed by atoms with Crippen molar-refractivity contribution in [1.29, 1.82) is 0 Å².